The van der Waals surface area contributed by atoms with E-state index in [-0.39, 0.29) is 24.9 Å². The molecule has 0 aromatic carbocycles. The van der Waals surface area contributed by atoms with Gasteiger partial charge in [-0.05, 0) is 31.2 Å². The fourth-order valence-electron chi connectivity index (χ4n) is 2.86. The molecular formula is C16H25N4O3S+. The van der Waals surface area contributed by atoms with Crippen molar-refractivity contribution in [3.8, 4) is 0 Å². The summed E-state index contributed by atoms with van der Waals surface area (Å²) in [7, 11) is 1.79. The molecule has 1 aromatic rings. The van der Waals surface area contributed by atoms with E-state index in [0.717, 1.165) is 41.0 Å². The number of amides is 3. The standard InChI is InChI=1S/C16H24N4O3S/c1-3-7-18-12(21)8-20(2)9-13(22)19-16-14(15(17)23)10-5-4-6-11(10)24-16/h3-9H2,1-2H3,(H2,17,23)(H,18,21)(H,19,22)/p+1. The van der Waals surface area contributed by atoms with Gasteiger partial charge >= 0.3 is 0 Å². The predicted octanol–water partition coefficient (Wildman–Crippen LogP) is -0.685. The molecule has 0 bridgehead atoms. The molecule has 1 unspecified atom stereocenters. The lowest BCUT2D eigenvalue weighted by molar-refractivity contribution is -0.862. The number of nitrogens with one attached hydrogen (secondary N) is 3. The zero-order valence-corrected chi connectivity index (χ0v) is 15.0. The van der Waals surface area contributed by atoms with E-state index >= 15 is 0 Å². The molecule has 1 heterocycles. The van der Waals surface area contributed by atoms with Crippen molar-refractivity contribution < 1.29 is 19.3 Å². The molecular weight excluding hydrogens is 328 g/mol. The van der Waals surface area contributed by atoms with Crippen LogP contribution in [0.5, 0.6) is 0 Å². The zero-order chi connectivity index (χ0) is 17.7. The molecule has 132 valence electrons. The van der Waals surface area contributed by atoms with Crippen LogP contribution in [0.15, 0.2) is 0 Å². The second-order valence-electron chi connectivity index (χ2n) is 6.13. The van der Waals surface area contributed by atoms with Gasteiger partial charge in [-0.25, -0.2) is 0 Å². The molecule has 0 aliphatic heterocycles. The Balaban J connectivity index is 1.93. The lowest BCUT2D eigenvalue weighted by Crippen LogP contribution is -3.11. The molecule has 1 atom stereocenters. The number of carbonyl (C=O) groups excluding carboxylic acids is 3. The van der Waals surface area contributed by atoms with E-state index in [9.17, 15) is 14.4 Å². The number of hydrogen-bond donors (Lipinski definition) is 4. The van der Waals surface area contributed by atoms with E-state index in [1.165, 1.54) is 11.3 Å². The van der Waals surface area contributed by atoms with Crippen molar-refractivity contribution >= 4 is 34.1 Å². The van der Waals surface area contributed by atoms with Gasteiger partial charge in [-0.1, -0.05) is 6.92 Å². The van der Waals surface area contributed by atoms with Gasteiger partial charge in [0.05, 0.1) is 12.6 Å². The maximum Gasteiger partial charge on any atom is 0.280 e. The Morgan fingerprint density at radius 1 is 1.21 bits per heavy atom. The van der Waals surface area contributed by atoms with Crippen LogP contribution in [-0.2, 0) is 22.4 Å². The van der Waals surface area contributed by atoms with Crippen LogP contribution < -0.4 is 21.3 Å². The molecule has 1 aliphatic carbocycles. The smallest absolute Gasteiger partial charge is 0.280 e. The van der Waals surface area contributed by atoms with Crippen LogP contribution in [0.4, 0.5) is 5.00 Å². The summed E-state index contributed by atoms with van der Waals surface area (Å²) < 4.78 is 0. The van der Waals surface area contributed by atoms with E-state index in [1.807, 2.05) is 6.92 Å². The molecule has 0 saturated carbocycles. The summed E-state index contributed by atoms with van der Waals surface area (Å²) in [6, 6.07) is 0. The normalized spacial score (nSPS) is 14.1. The number of quaternary nitrogens is 1. The Bertz CT molecular complexity index is 642. The first-order valence-corrected chi connectivity index (χ1v) is 9.06. The molecule has 0 fully saturated rings. The van der Waals surface area contributed by atoms with Crippen molar-refractivity contribution in [2.24, 2.45) is 5.73 Å². The zero-order valence-electron chi connectivity index (χ0n) is 14.2. The van der Waals surface area contributed by atoms with Crippen LogP contribution in [0, 0.1) is 0 Å². The first-order chi connectivity index (χ1) is 11.4. The molecule has 0 saturated heterocycles. The summed E-state index contributed by atoms with van der Waals surface area (Å²) >= 11 is 1.44. The van der Waals surface area contributed by atoms with Crippen LogP contribution in [0.2, 0.25) is 0 Å². The molecule has 1 aromatic heterocycles. The van der Waals surface area contributed by atoms with Gasteiger partial charge in [0.15, 0.2) is 13.1 Å². The van der Waals surface area contributed by atoms with Crippen molar-refractivity contribution in [3.05, 3.63) is 16.0 Å². The Kier molecular flexibility index (Phi) is 6.33. The van der Waals surface area contributed by atoms with Gasteiger partial charge in [-0.15, -0.1) is 11.3 Å². The first kappa shape index (κ1) is 18.4. The maximum atomic E-state index is 12.2. The number of hydrogen-bond acceptors (Lipinski definition) is 4. The van der Waals surface area contributed by atoms with Crippen LogP contribution >= 0.6 is 11.3 Å². The largest absolute Gasteiger partial charge is 0.365 e. The van der Waals surface area contributed by atoms with E-state index < -0.39 is 5.91 Å². The molecule has 0 radical (unpaired) electrons. The van der Waals surface area contributed by atoms with Crippen LogP contribution in [-0.4, -0.2) is 44.4 Å². The molecule has 1 aliphatic rings. The highest BCUT2D eigenvalue weighted by Gasteiger charge is 2.26. The number of thiophene rings is 1. The van der Waals surface area contributed by atoms with Crippen molar-refractivity contribution in [2.75, 3.05) is 32.0 Å². The van der Waals surface area contributed by atoms with Gasteiger partial charge in [0.2, 0.25) is 0 Å². The molecule has 24 heavy (non-hydrogen) atoms. The van der Waals surface area contributed by atoms with Crippen molar-refractivity contribution in [1.29, 1.82) is 0 Å². The number of rotatable bonds is 8. The molecule has 2 rings (SSSR count). The lowest BCUT2D eigenvalue weighted by atomic mass is 10.1. The van der Waals surface area contributed by atoms with Gasteiger partial charge in [-0.2, -0.15) is 0 Å². The molecule has 3 amide bonds. The number of aryl methyl sites for hydroxylation is 1. The van der Waals surface area contributed by atoms with Crippen molar-refractivity contribution in [3.63, 3.8) is 0 Å². The second-order valence-corrected chi connectivity index (χ2v) is 7.24. The third-order valence-electron chi connectivity index (χ3n) is 3.92. The SMILES string of the molecule is CCCNC(=O)C[NH+](C)CC(=O)Nc1sc2c(c1C(N)=O)CCC2. The van der Waals surface area contributed by atoms with Gasteiger partial charge in [0.1, 0.15) is 5.00 Å². The average molecular weight is 353 g/mol. The summed E-state index contributed by atoms with van der Waals surface area (Å²) in [6.07, 6.45) is 3.67. The number of nitrogens with two attached hydrogens (primary N) is 1. The topological polar surface area (TPSA) is 106 Å². The Morgan fingerprint density at radius 2 is 1.92 bits per heavy atom. The third kappa shape index (κ3) is 4.55. The highest BCUT2D eigenvalue weighted by molar-refractivity contribution is 7.17. The van der Waals surface area contributed by atoms with Crippen LogP contribution in [0.25, 0.3) is 0 Å². The minimum atomic E-state index is -0.496. The first-order valence-electron chi connectivity index (χ1n) is 8.24. The number of primary amides is 1. The predicted molar refractivity (Wildman–Crippen MR) is 93.4 cm³/mol. The highest BCUT2D eigenvalue weighted by atomic mass is 32.1. The number of carbonyl (C=O) groups is 3. The van der Waals surface area contributed by atoms with E-state index in [4.69, 9.17) is 5.73 Å². The summed E-state index contributed by atoms with van der Waals surface area (Å²) in [4.78, 5) is 37.5. The number of fused-ring (bicyclic) bond motifs is 1. The quantitative estimate of drug-likeness (QED) is 0.497. The van der Waals surface area contributed by atoms with E-state index in [1.54, 1.807) is 7.05 Å². The van der Waals surface area contributed by atoms with Gasteiger partial charge in [0, 0.05) is 11.4 Å². The van der Waals surface area contributed by atoms with Gasteiger partial charge in [-0.3, -0.25) is 14.4 Å². The third-order valence-corrected chi connectivity index (χ3v) is 5.12. The molecule has 7 nitrogen and oxygen atoms in total. The average Bonchev–Trinajstić information content (AvgIpc) is 3.04. The Morgan fingerprint density at radius 3 is 2.58 bits per heavy atom. The van der Waals surface area contributed by atoms with E-state index in [0.29, 0.717) is 17.1 Å². The Labute approximate surface area is 145 Å². The molecule has 0 spiro atoms. The van der Waals surface area contributed by atoms with Crippen molar-refractivity contribution in [2.45, 2.75) is 32.6 Å². The van der Waals surface area contributed by atoms with E-state index in [2.05, 4.69) is 10.6 Å². The summed E-state index contributed by atoms with van der Waals surface area (Å²) in [5.74, 6) is -0.794. The summed E-state index contributed by atoms with van der Waals surface area (Å²) in [5, 5.41) is 6.12. The van der Waals surface area contributed by atoms with Gasteiger partial charge < -0.3 is 21.3 Å². The number of anilines is 1. The monoisotopic (exact) mass is 353 g/mol. The molecule has 5 N–H and O–H groups in total. The summed E-state index contributed by atoms with van der Waals surface area (Å²) in [6.45, 7) is 3.01. The van der Waals surface area contributed by atoms with Crippen molar-refractivity contribution in [1.82, 2.24) is 5.32 Å². The minimum Gasteiger partial charge on any atom is -0.365 e. The number of likely N-dealkylation sites (N-methyl/N-ethyl adjacent to an activating group) is 1. The van der Waals surface area contributed by atoms with Crippen LogP contribution in [0.1, 0.15) is 40.6 Å². The fraction of sp³-hybridized carbons (Fsp3) is 0.562. The minimum absolute atomic E-state index is 0.0740. The van der Waals surface area contributed by atoms with Gasteiger partial charge in [0.25, 0.3) is 17.7 Å². The van der Waals surface area contributed by atoms with Crippen LogP contribution in [0.3, 0.4) is 0 Å². The second kappa shape index (κ2) is 8.25. The maximum absolute atomic E-state index is 12.2. The Hall–Kier alpha value is -1.93. The lowest BCUT2D eigenvalue weighted by Gasteiger charge is -2.13. The molecule has 8 heteroatoms. The summed E-state index contributed by atoms with van der Waals surface area (Å²) in [5.41, 5.74) is 6.93. The fourth-order valence-corrected chi connectivity index (χ4v) is 4.17. The highest BCUT2D eigenvalue weighted by Crippen LogP contribution is 2.38.